The largest absolute Gasteiger partial charge is 0.495 e. The van der Waals surface area contributed by atoms with E-state index >= 15 is 0 Å². The summed E-state index contributed by atoms with van der Waals surface area (Å²) in [5.41, 5.74) is 7.52. The summed E-state index contributed by atoms with van der Waals surface area (Å²) < 4.78 is 10.9. The zero-order chi connectivity index (χ0) is 15.4. The first kappa shape index (κ1) is 15.0. The first-order chi connectivity index (χ1) is 10.7. The van der Waals surface area contributed by atoms with Crippen LogP contribution in [-0.4, -0.2) is 54.3 Å². The molecule has 6 heteroatoms. The van der Waals surface area contributed by atoms with Crippen molar-refractivity contribution in [2.45, 2.75) is 18.9 Å². The van der Waals surface area contributed by atoms with E-state index in [2.05, 4.69) is 14.9 Å². The van der Waals surface area contributed by atoms with E-state index in [-0.39, 0.29) is 0 Å². The van der Waals surface area contributed by atoms with Crippen molar-refractivity contribution < 1.29 is 9.47 Å². The molecular weight excluding hydrogens is 280 g/mol. The van der Waals surface area contributed by atoms with Crippen molar-refractivity contribution in [3.63, 3.8) is 0 Å². The highest BCUT2D eigenvalue weighted by Crippen LogP contribution is 2.19. The lowest BCUT2D eigenvalue weighted by Crippen LogP contribution is -2.41. The minimum atomic E-state index is 0.363. The Bertz CT molecular complexity index is 627. The quantitative estimate of drug-likeness (QED) is 0.901. The Morgan fingerprint density at radius 1 is 1.27 bits per heavy atom. The molecule has 3 heterocycles. The maximum atomic E-state index is 5.91. The number of hydrogen-bond donors (Lipinski definition) is 1. The molecule has 0 atom stereocenters. The number of piperidine rings is 1. The van der Waals surface area contributed by atoms with Crippen LogP contribution in [0.15, 0.2) is 24.4 Å². The normalized spacial score (nSPS) is 16.8. The van der Waals surface area contributed by atoms with Crippen LogP contribution in [0.2, 0.25) is 0 Å². The third-order valence-electron chi connectivity index (χ3n) is 4.01. The summed E-state index contributed by atoms with van der Waals surface area (Å²) in [5, 5.41) is 0. The van der Waals surface area contributed by atoms with Gasteiger partial charge in [0.15, 0.2) is 0 Å². The Morgan fingerprint density at radius 3 is 2.86 bits per heavy atom. The molecule has 1 aliphatic heterocycles. The third-order valence-corrected chi connectivity index (χ3v) is 4.01. The van der Waals surface area contributed by atoms with E-state index in [1.165, 1.54) is 0 Å². The molecule has 0 unspecified atom stereocenters. The van der Waals surface area contributed by atoms with Gasteiger partial charge in [0, 0.05) is 24.7 Å². The Kier molecular flexibility index (Phi) is 4.70. The van der Waals surface area contributed by atoms with Crippen LogP contribution in [0.5, 0.6) is 11.6 Å². The lowest BCUT2D eigenvalue weighted by Gasteiger charge is -2.29. The van der Waals surface area contributed by atoms with Crippen LogP contribution < -0.4 is 15.2 Å². The summed E-state index contributed by atoms with van der Waals surface area (Å²) in [6.07, 6.45) is 3.82. The molecular formula is C16H22N4O2. The number of fused-ring (bicyclic) bond motifs is 1. The second-order valence-electron chi connectivity index (χ2n) is 5.59. The van der Waals surface area contributed by atoms with Crippen molar-refractivity contribution in [3.05, 3.63) is 24.4 Å². The number of nitrogens with zero attached hydrogens (tertiary/aromatic N) is 3. The van der Waals surface area contributed by atoms with Gasteiger partial charge in [0.2, 0.25) is 5.88 Å². The first-order valence-corrected chi connectivity index (χ1v) is 7.66. The fraction of sp³-hybridized carbons (Fsp3) is 0.500. The predicted molar refractivity (Wildman–Crippen MR) is 85.2 cm³/mol. The number of ether oxygens (including phenoxy) is 2. The molecule has 1 saturated heterocycles. The molecule has 0 spiro atoms. The smallest absolute Gasteiger partial charge is 0.213 e. The van der Waals surface area contributed by atoms with Gasteiger partial charge < -0.3 is 15.2 Å². The van der Waals surface area contributed by atoms with Crippen molar-refractivity contribution in [2.75, 3.05) is 33.4 Å². The zero-order valence-electron chi connectivity index (χ0n) is 12.9. The van der Waals surface area contributed by atoms with E-state index in [0.29, 0.717) is 24.3 Å². The highest BCUT2D eigenvalue weighted by molar-refractivity contribution is 5.75. The van der Waals surface area contributed by atoms with Gasteiger partial charge in [0.05, 0.1) is 24.3 Å². The predicted octanol–water partition coefficient (Wildman–Crippen LogP) is 1.44. The van der Waals surface area contributed by atoms with Crippen LogP contribution in [0.25, 0.3) is 11.0 Å². The van der Waals surface area contributed by atoms with Crippen molar-refractivity contribution in [1.82, 2.24) is 14.9 Å². The van der Waals surface area contributed by atoms with Crippen LogP contribution >= 0.6 is 0 Å². The van der Waals surface area contributed by atoms with Crippen molar-refractivity contribution in [1.29, 1.82) is 0 Å². The number of likely N-dealkylation sites (tertiary alicyclic amines) is 1. The molecule has 0 aliphatic carbocycles. The molecule has 6 nitrogen and oxygen atoms in total. The van der Waals surface area contributed by atoms with Gasteiger partial charge in [0.25, 0.3) is 0 Å². The third kappa shape index (κ3) is 3.64. The molecule has 1 aliphatic rings. The van der Waals surface area contributed by atoms with E-state index in [4.69, 9.17) is 15.2 Å². The van der Waals surface area contributed by atoms with Crippen LogP contribution in [0.1, 0.15) is 12.8 Å². The standard InChI is InChI=1S/C16H22N4O2/c1-21-13-10-15-14(18-11-13)2-3-16(19-15)22-9-8-20-6-4-12(17)5-7-20/h2-3,10-12H,4-9,17H2,1H3. The van der Waals surface area contributed by atoms with Crippen LogP contribution in [0.4, 0.5) is 0 Å². The van der Waals surface area contributed by atoms with Crippen LogP contribution in [0.3, 0.4) is 0 Å². The fourth-order valence-electron chi connectivity index (χ4n) is 2.62. The Morgan fingerprint density at radius 2 is 2.09 bits per heavy atom. The molecule has 2 aromatic heterocycles. The second-order valence-corrected chi connectivity index (χ2v) is 5.59. The number of aromatic nitrogens is 2. The molecule has 0 aromatic carbocycles. The second kappa shape index (κ2) is 6.89. The first-order valence-electron chi connectivity index (χ1n) is 7.66. The molecule has 1 fully saturated rings. The van der Waals surface area contributed by atoms with Gasteiger partial charge >= 0.3 is 0 Å². The number of rotatable bonds is 5. The molecule has 0 saturated carbocycles. The van der Waals surface area contributed by atoms with E-state index in [9.17, 15) is 0 Å². The number of pyridine rings is 2. The van der Waals surface area contributed by atoms with Gasteiger partial charge in [-0.3, -0.25) is 9.88 Å². The fourth-order valence-corrected chi connectivity index (χ4v) is 2.62. The molecule has 0 amide bonds. The van der Waals surface area contributed by atoms with Crippen LogP contribution in [-0.2, 0) is 0 Å². The number of hydrogen-bond acceptors (Lipinski definition) is 6. The van der Waals surface area contributed by atoms with Gasteiger partial charge in [0.1, 0.15) is 12.4 Å². The Labute approximate surface area is 130 Å². The van der Waals surface area contributed by atoms with Crippen molar-refractivity contribution in [3.8, 4) is 11.6 Å². The maximum Gasteiger partial charge on any atom is 0.213 e. The van der Waals surface area contributed by atoms with Gasteiger partial charge in [-0.15, -0.1) is 0 Å². The molecule has 118 valence electrons. The Balaban J connectivity index is 1.57. The zero-order valence-corrected chi connectivity index (χ0v) is 12.9. The lowest BCUT2D eigenvalue weighted by atomic mass is 10.1. The minimum Gasteiger partial charge on any atom is -0.495 e. The van der Waals surface area contributed by atoms with Gasteiger partial charge in [-0.2, -0.15) is 0 Å². The van der Waals surface area contributed by atoms with Gasteiger partial charge in [-0.05, 0) is 32.0 Å². The van der Waals surface area contributed by atoms with E-state index in [1.54, 1.807) is 13.3 Å². The molecule has 0 radical (unpaired) electrons. The average Bonchev–Trinajstić information content (AvgIpc) is 2.56. The summed E-state index contributed by atoms with van der Waals surface area (Å²) in [6.45, 7) is 3.64. The van der Waals surface area contributed by atoms with Gasteiger partial charge in [-0.1, -0.05) is 0 Å². The van der Waals surface area contributed by atoms with E-state index < -0.39 is 0 Å². The van der Waals surface area contributed by atoms with Crippen molar-refractivity contribution in [2.24, 2.45) is 5.73 Å². The summed E-state index contributed by atoms with van der Waals surface area (Å²) in [4.78, 5) is 11.1. The molecule has 22 heavy (non-hydrogen) atoms. The lowest BCUT2D eigenvalue weighted by molar-refractivity contribution is 0.172. The average molecular weight is 302 g/mol. The number of nitrogens with two attached hydrogens (primary N) is 1. The maximum absolute atomic E-state index is 5.91. The highest BCUT2D eigenvalue weighted by Gasteiger charge is 2.15. The Hall–Kier alpha value is -1.92. The summed E-state index contributed by atoms with van der Waals surface area (Å²) >= 11 is 0. The molecule has 2 aromatic rings. The summed E-state index contributed by atoms with van der Waals surface area (Å²) in [5.74, 6) is 1.32. The molecule has 0 bridgehead atoms. The van der Waals surface area contributed by atoms with Crippen molar-refractivity contribution >= 4 is 11.0 Å². The molecule has 2 N–H and O–H groups in total. The van der Waals surface area contributed by atoms with E-state index in [0.717, 1.165) is 43.5 Å². The summed E-state index contributed by atoms with van der Waals surface area (Å²) in [6, 6.07) is 5.99. The minimum absolute atomic E-state index is 0.363. The SMILES string of the molecule is COc1cnc2ccc(OCCN3CCC(N)CC3)nc2c1. The van der Waals surface area contributed by atoms with Crippen LogP contribution in [0, 0.1) is 0 Å². The monoisotopic (exact) mass is 302 g/mol. The van der Waals surface area contributed by atoms with Gasteiger partial charge in [-0.25, -0.2) is 4.98 Å². The highest BCUT2D eigenvalue weighted by atomic mass is 16.5. The summed E-state index contributed by atoms with van der Waals surface area (Å²) in [7, 11) is 1.62. The number of methoxy groups -OCH3 is 1. The molecule has 3 rings (SSSR count). The van der Waals surface area contributed by atoms with E-state index in [1.807, 2.05) is 18.2 Å². The topological polar surface area (TPSA) is 73.5 Å².